The Labute approximate surface area is 103 Å². The topological polar surface area (TPSA) is 110 Å². The maximum atomic E-state index is 9.83. The molecule has 2 aromatic rings. The maximum absolute atomic E-state index is 9.83. The quantitative estimate of drug-likeness (QED) is 0.674. The van der Waals surface area contributed by atoms with E-state index in [1.54, 1.807) is 6.33 Å². The van der Waals surface area contributed by atoms with E-state index in [0.717, 1.165) is 0 Å². The molecule has 3 atom stereocenters. The molecule has 1 unspecified atom stereocenters. The van der Waals surface area contributed by atoms with Crippen molar-refractivity contribution < 1.29 is 10.2 Å². The highest BCUT2D eigenvalue weighted by atomic mass is 16.3. The van der Waals surface area contributed by atoms with E-state index in [4.69, 9.17) is 5.73 Å². The van der Waals surface area contributed by atoms with Gasteiger partial charge in [0.25, 0.3) is 0 Å². The molecule has 2 aromatic heterocycles. The number of aliphatic hydroxyl groups is 2. The van der Waals surface area contributed by atoms with Crippen molar-refractivity contribution in [2.75, 3.05) is 12.3 Å². The summed E-state index contributed by atoms with van der Waals surface area (Å²) in [6.07, 6.45) is 3.92. The third-order valence-corrected chi connectivity index (χ3v) is 3.65. The van der Waals surface area contributed by atoms with Crippen molar-refractivity contribution >= 4 is 17.0 Å². The number of nitrogens with two attached hydrogens (primary N) is 1. The average molecular weight is 249 g/mol. The summed E-state index contributed by atoms with van der Waals surface area (Å²) in [5, 5.41) is 19.0. The van der Waals surface area contributed by atoms with Crippen molar-refractivity contribution in [2.45, 2.75) is 25.0 Å². The summed E-state index contributed by atoms with van der Waals surface area (Å²) in [5.74, 6) is 0.280. The van der Waals surface area contributed by atoms with Gasteiger partial charge in [-0.2, -0.15) is 0 Å². The Morgan fingerprint density at radius 3 is 2.89 bits per heavy atom. The summed E-state index contributed by atoms with van der Waals surface area (Å²) in [7, 11) is 0. The molecule has 7 nitrogen and oxygen atoms in total. The molecule has 1 saturated carbocycles. The van der Waals surface area contributed by atoms with E-state index in [-0.39, 0.29) is 18.6 Å². The summed E-state index contributed by atoms with van der Waals surface area (Å²) in [5.41, 5.74) is 6.99. The number of imidazole rings is 1. The molecule has 1 fully saturated rings. The number of rotatable bonds is 2. The normalized spacial score (nSPS) is 28.0. The molecule has 7 heteroatoms. The van der Waals surface area contributed by atoms with Crippen molar-refractivity contribution in [2.24, 2.45) is 5.92 Å². The van der Waals surface area contributed by atoms with Crippen LogP contribution in [0.15, 0.2) is 12.7 Å². The minimum absolute atomic E-state index is 0.00141. The zero-order valence-electron chi connectivity index (χ0n) is 9.77. The molecule has 1 aliphatic carbocycles. The Kier molecular flexibility index (Phi) is 2.64. The summed E-state index contributed by atoms with van der Waals surface area (Å²) in [4.78, 5) is 12.3. The van der Waals surface area contributed by atoms with Crippen LogP contribution in [0, 0.1) is 5.92 Å². The molecule has 0 bridgehead atoms. The van der Waals surface area contributed by atoms with Crippen molar-refractivity contribution in [1.29, 1.82) is 0 Å². The van der Waals surface area contributed by atoms with Crippen LogP contribution in [0.2, 0.25) is 0 Å². The fourth-order valence-corrected chi connectivity index (χ4v) is 2.63. The molecule has 0 aliphatic heterocycles. The van der Waals surface area contributed by atoms with Crippen LogP contribution >= 0.6 is 0 Å². The Balaban J connectivity index is 1.99. The van der Waals surface area contributed by atoms with Crippen LogP contribution in [0.25, 0.3) is 11.2 Å². The molecule has 0 aromatic carbocycles. The third-order valence-electron chi connectivity index (χ3n) is 3.65. The SMILES string of the molecule is Nc1ncnc2c1ncn2[C@H]1CC(O)[C@@H](CO)C1. The number of hydrogen-bond acceptors (Lipinski definition) is 6. The minimum Gasteiger partial charge on any atom is -0.396 e. The number of hydrogen-bond donors (Lipinski definition) is 3. The molecule has 0 spiro atoms. The van der Waals surface area contributed by atoms with Gasteiger partial charge in [0.2, 0.25) is 0 Å². The van der Waals surface area contributed by atoms with Crippen LogP contribution in [-0.2, 0) is 0 Å². The fraction of sp³-hybridized carbons (Fsp3) is 0.545. The Morgan fingerprint density at radius 2 is 2.17 bits per heavy atom. The third kappa shape index (κ3) is 1.63. The lowest BCUT2D eigenvalue weighted by Crippen LogP contribution is -2.16. The highest BCUT2D eigenvalue weighted by Gasteiger charge is 2.34. The second-order valence-electron chi connectivity index (χ2n) is 4.72. The van der Waals surface area contributed by atoms with E-state index in [9.17, 15) is 10.2 Å². The highest BCUT2D eigenvalue weighted by Crippen LogP contribution is 2.36. The largest absolute Gasteiger partial charge is 0.396 e. The van der Waals surface area contributed by atoms with Crippen LogP contribution in [0.1, 0.15) is 18.9 Å². The van der Waals surface area contributed by atoms with E-state index >= 15 is 0 Å². The highest BCUT2D eigenvalue weighted by molar-refractivity contribution is 5.81. The summed E-state index contributed by atoms with van der Waals surface area (Å²) in [6.45, 7) is 0.00141. The molecular weight excluding hydrogens is 234 g/mol. The molecule has 1 aliphatic rings. The van der Waals surface area contributed by atoms with Gasteiger partial charge in [-0.15, -0.1) is 0 Å². The smallest absolute Gasteiger partial charge is 0.165 e. The van der Waals surface area contributed by atoms with Crippen molar-refractivity contribution in [3.8, 4) is 0 Å². The van der Waals surface area contributed by atoms with Gasteiger partial charge < -0.3 is 20.5 Å². The standard InChI is InChI=1S/C11H15N5O2/c12-10-9-11(14-4-13-10)16(5-15-9)7-1-6(3-17)8(18)2-7/h4-8,17-18H,1-3H2,(H2,12,13,14)/t6-,7-,8?/m1/s1. The minimum atomic E-state index is -0.475. The van der Waals surface area contributed by atoms with E-state index in [1.165, 1.54) is 6.33 Å². The Morgan fingerprint density at radius 1 is 1.33 bits per heavy atom. The maximum Gasteiger partial charge on any atom is 0.165 e. The van der Waals surface area contributed by atoms with E-state index in [1.807, 2.05) is 4.57 Å². The number of aliphatic hydroxyl groups excluding tert-OH is 2. The van der Waals surface area contributed by atoms with Crippen molar-refractivity contribution in [3.05, 3.63) is 12.7 Å². The van der Waals surface area contributed by atoms with Gasteiger partial charge in [-0.1, -0.05) is 0 Å². The van der Waals surface area contributed by atoms with E-state index < -0.39 is 6.10 Å². The van der Waals surface area contributed by atoms with Gasteiger partial charge in [0.1, 0.15) is 11.8 Å². The number of aromatic nitrogens is 4. The number of nitrogen functional groups attached to an aromatic ring is 1. The average Bonchev–Trinajstić information content (AvgIpc) is 2.93. The van der Waals surface area contributed by atoms with Crippen LogP contribution < -0.4 is 5.73 Å². The fourth-order valence-electron chi connectivity index (χ4n) is 2.63. The van der Waals surface area contributed by atoms with Gasteiger partial charge in [0.15, 0.2) is 11.5 Å². The molecule has 4 N–H and O–H groups in total. The first-order chi connectivity index (χ1) is 8.70. The Bertz CT molecular complexity index is 570. The molecule has 96 valence electrons. The summed E-state index contributed by atoms with van der Waals surface area (Å²) < 4.78 is 1.91. The molecule has 0 saturated heterocycles. The van der Waals surface area contributed by atoms with Gasteiger partial charge >= 0.3 is 0 Å². The van der Waals surface area contributed by atoms with E-state index in [2.05, 4.69) is 15.0 Å². The second-order valence-corrected chi connectivity index (χ2v) is 4.72. The van der Waals surface area contributed by atoms with Crippen LogP contribution in [0.3, 0.4) is 0 Å². The second kappa shape index (κ2) is 4.18. The predicted molar refractivity (Wildman–Crippen MR) is 64.6 cm³/mol. The van der Waals surface area contributed by atoms with E-state index in [0.29, 0.717) is 29.8 Å². The first-order valence-electron chi connectivity index (χ1n) is 5.92. The molecule has 0 amide bonds. The Hall–Kier alpha value is -1.73. The van der Waals surface area contributed by atoms with Gasteiger partial charge in [0.05, 0.1) is 12.4 Å². The molecule has 3 rings (SSSR count). The summed E-state index contributed by atoms with van der Waals surface area (Å²) >= 11 is 0. The van der Waals surface area contributed by atoms with Crippen LogP contribution in [0.5, 0.6) is 0 Å². The van der Waals surface area contributed by atoms with Gasteiger partial charge in [0, 0.05) is 18.6 Å². The summed E-state index contributed by atoms with van der Waals surface area (Å²) in [6, 6.07) is 0.0939. The lowest BCUT2D eigenvalue weighted by Gasteiger charge is -2.11. The zero-order chi connectivity index (χ0) is 12.7. The van der Waals surface area contributed by atoms with Gasteiger partial charge in [-0.05, 0) is 12.8 Å². The van der Waals surface area contributed by atoms with Crippen molar-refractivity contribution in [1.82, 2.24) is 19.5 Å². The first kappa shape index (κ1) is 11.4. The number of nitrogens with zero attached hydrogens (tertiary/aromatic N) is 4. The lowest BCUT2D eigenvalue weighted by atomic mass is 10.1. The van der Waals surface area contributed by atoms with Gasteiger partial charge in [-0.25, -0.2) is 15.0 Å². The lowest BCUT2D eigenvalue weighted by molar-refractivity contribution is 0.0906. The molecule has 18 heavy (non-hydrogen) atoms. The number of fused-ring (bicyclic) bond motifs is 1. The first-order valence-corrected chi connectivity index (χ1v) is 5.92. The predicted octanol–water partition coefficient (Wildman–Crippen LogP) is -0.287. The van der Waals surface area contributed by atoms with Crippen molar-refractivity contribution in [3.63, 3.8) is 0 Å². The van der Waals surface area contributed by atoms with Crippen LogP contribution in [0.4, 0.5) is 5.82 Å². The molecular formula is C11H15N5O2. The van der Waals surface area contributed by atoms with Crippen LogP contribution in [-0.4, -0.2) is 42.4 Å². The monoisotopic (exact) mass is 249 g/mol. The zero-order valence-corrected chi connectivity index (χ0v) is 9.77. The number of anilines is 1. The van der Waals surface area contributed by atoms with Gasteiger partial charge in [-0.3, -0.25) is 0 Å². The molecule has 2 heterocycles. The molecule has 0 radical (unpaired) electrons.